The standard InChI is InChI=1S/N2P2S/c1-2-4-5-3-1. The van der Waals surface area contributed by atoms with E-state index in [-0.39, 0.29) is 0 Å². The van der Waals surface area contributed by atoms with Crippen LogP contribution in [0.25, 0.3) is 0 Å². The van der Waals surface area contributed by atoms with E-state index in [0.717, 1.165) is 15.1 Å². The molecule has 0 aromatic carbocycles. The Balaban J connectivity index is 3.13. The van der Waals surface area contributed by atoms with Gasteiger partial charge in [0.15, 0.2) is 0 Å². The molecule has 0 unspecified atom stereocenters. The first-order valence-corrected chi connectivity index (χ1v) is 4.69. The molecule has 0 aliphatic carbocycles. The van der Waals surface area contributed by atoms with Crippen molar-refractivity contribution in [2.45, 2.75) is 0 Å². The Morgan fingerprint density at radius 2 is 1.80 bits per heavy atom. The van der Waals surface area contributed by atoms with Crippen molar-refractivity contribution in [3.8, 4) is 0 Å². The highest BCUT2D eigenvalue weighted by Crippen LogP contribution is 2.14. The average molecular weight is 122 g/mol. The van der Waals surface area contributed by atoms with E-state index >= 15 is 0 Å². The number of hydrogen-bond donors (Lipinski definition) is 0. The predicted molar refractivity (Wildman–Crippen MR) is 24.9 cm³/mol. The lowest BCUT2D eigenvalue weighted by molar-refractivity contribution is 1.27. The van der Waals surface area contributed by atoms with Gasteiger partial charge in [-0.3, -0.25) is 0 Å². The van der Waals surface area contributed by atoms with Gasteiger partial charge in [-0.15, -0.1) is 9.72 Å². The van der Waals surface area contributed by atoms with Gasteiger partial charge >= 0.3 is 0 Å². The third-order valence-corrected chi connectivity index (χ3v) is 2.99. The largest absolute Gasteiger partial charge is 0.136 e. The van der Waals surface area contributed by atoms with Gasteiger partial charge in [-0.1, -0.05) is 0 Å². The van der Waals surface area contributed by atoms with E-state index < -0.39 is 0 Å². The zero-order valence-corrected chi connectivity index (χ0v) is 4.80. The Kier molecular flexibility index (Phi) is 1.27. The molecule has 0 bridgehead atoms. The van der Waals surface area contributed by atoms with Crippen molar-refractivity contribution in [2.24, 2.45) is 0 Å². The molecule has 0 N–H and O–H groups in total. The van der Waals surface area contributed by atoms with E-state index in [9.17, 15) is 0 Å². The molecule has 0 aliphatic heterocycles. The van der Waals surface area contributed by atoms with Crippen molar-refractivity contribution in [1.82, 2.24) is 9.72 Å². The monoisotopic (exact) mass is 122 g/mol. The SMILES string of the molecule is n1npsp1. The first-order valence-electron chi connectivity index (χ1n) is 0.965. The normalized spacial score (nSPS) is 11.2. The fourth-order valence-corrected chi connectivity index (χ4v) is 2.20. The Bertz CT molecular complexity index is 64.1. The molecule has 0 radical (unpaired) electrons. The molecule has 1 aromatic rings. The summed E-state index contributed by atoms with van der Waals surface area (Å²) in [7, 11) is 3.79. The highest BCUT2D eigenvalue weighted by atomic mass is 32.8. The fraction of sp³-hybridized carbons (Fsp3) is 0. The summed E-state index contributed by atoms with van der Waals surface area (Å²) in [6.07, 6.45) is 0. The van der Waals surface area contributed by atoms with Crippen LogP contribution in [0.5, 0.6) is 0 Å². The van der Waals surface area contributed by atoms with Gasteiger partial charge in [-0.05, 0) is 10.5 Å². The summed E-state index contributed by atoms with van der Waals surface area (Å²) in [4.78, 5) is 7.26. The summed E-state index contributed by atoms with van der Waals surface area (Å²) < 4.78 is 0. The lowest BCUT2D eigenvalue weighted by atomic mass is 13.2. The maximum atomic E-state index is 3.63. The molecule has 0 saturated carbocycles. The van der Waals surface area contributed by atoms with Crippen LogP contribution in [-0.2, 0) is 0 Å². The second-order valence-electron chi connectivity index (χ2n) is 0.424. The van der Waals surface area contributed by atoms with Gasteiger partial charge in [0, 0.05) is 0 Å². The highest BCUT2D eigenvalue weighted by Gasteiger charge is 1.64. The Hall–Kier alpha value is 0.420. The molecule has 0 aliphatic rings. The molecule has 0 atom stereocenters. The molecule has 5 heavy (non-hydrogen) atoms. The maximum Gasteiger partial charge on any atom is 0.136 e. The van der Waals surface area contributed by atoms with Crippen molar-refractivity contribution in [1.29, 1.82) is 0 Å². The van der Waals surface area contributed by atoms with Crippen LogP contribution in [0.2, 0.25) is 0 Å². The third-order valence-electron chi connectivity index (χ3n) is 0.186. The quantitative estimate of drug-likeness (QED) is 0.523. The molecule has 0 saturated heterocycles. The van der Waals surface area contributed by atoms with E-state index in [1.807, 2.05) is 0 Å². The molecule has 0 spiro atoms. The summed E-state index contributed by atoms with van der Waals surface area (Å²) in [5, 5.41) is 0. The van der Waals surface area contributed by atoms with Gasteiger partial charge in [0.25, 0.3) is 0 Å². The van der Waals surface area contributed by atoms with Crippen molar-refractivity contribution in [3.63, 3.8) is 0 Å². The molecule has 1 aromatic heterocycles. The molecule has 0 fully saturated rings. The van der Waals surface area contributed by atoms with E-state index in [1.54, 1.807) is 10.5 Å². The number of nitrogens with zero attached hydrogens (tertiary/aromatic N) is 2. The van der Waals surface area contributed by atoms with Crippen molar-refractivity contribution in [2.75, 3.05) is 0 Å². The van der Waals surface area contributed by atoms with Crippen LogP contribution in [0.3, 0.4) is 0 Å². The third kappa shape index (κ3) is 0.881. The minimum Gasteiger partial charge on any atom is -0.113 e. The maximum absolute atomic E-state index is 3.63. The lowest BCUT2D eigenvalue weighted by Gasteiger charge is -1.37. The van der Waals surface area contributed by atoms with E-state index in [4.69, 9.17) is 0 Å². The number of hydrogen-bond acceptors (Lipinski definition) is 3. The molecule has 1 rings (SSSR count). The highest BCUT2D eigenvalue weighted by molar-refractivity contribution is 8.04. The Morgan fingerprint density at radius 3 is 2.00 bits per heavy atom. The van der Waals surface area contributed by atoms with Crippen molar-refractivity contribution in [3.05, 3.63) is 0 Å². The smallest absolute Gasteiger partial charge is 0.113 e. The zero-order chi connectivity index (χ0) is 3.54. The van der Waals surface area contributed by atoms with Crippen LogP contribution in [-0.4, -0.2) is 9.72 Å². The predicted octanol–water partition coefficient (Wildman–Crippen LogP) is 1.70. The molecular weight excluding hydrogens is 122 g/mol. The van der Waals surface area contributed by atoms with Gasteiger partial charge in [0.1, 0.15) is 15.1 Å². The van der Waals surface area contributed by atoms with Gasteiger partial charge in [0.05, 0.1) is 0 Å². The Morgan fingerprint density at radius 1 is 1.20 bits per heavy atom. The lowest BCUT2D eigenvalue weighted by Crippen LogP contribution is -1.43. The minimum absolute atomic E-state index is 1.05. The van der Waals surface area contributed by atoms with E-state index in [2.05, 4.69) is 9.72 Å². The van der Waals surface area contributed by atoms with Crippen LogP contribution in [0, 0.1) is 0 Å². The molecule has 26 valence electrons. The molecule has 0 amide bonds. The van der Waals surface area contributed by atoms with Gasteiger partial charge in [-0.2, -0.15) is 0 Å². The van der Waals surface area contributed by atoms with Gasteiger partial charge in [-0.25, -0.2) is 0 Å². The second kappa shape index (κ2) is 1.76. The van der Waals surface area contributed by atoms with E-state index in [0.29, 0.717) is 0 Å². The fourth-order valence-electron chi connectivity index (χ4n) is 0.0816. The van der Waals surface area contributed by atoms with Gasteiger partial charge in [0.2, 0.25) is 0 Å². The first-order chi connectivity index (χ1) is 2.50. The van der Waals surface area contributed by atoms with Crippen molar-refractivity contribution < 1.29 is 0 Å². The Labute approximate surface area is 36.1 Å². The first kappa shape index (κ1) is 3.60. The zero-order valence-electron chi connectivity index (χ0n) is 2.20. The number of rotatable bonds is 0. The summed E-state index contributed by atoms with van der Waals surface area (Å²) in [6.45, 7) is 0. The van der Waals surface area contributed by atoms with Crippen LogP contribution >= 0.6 is 25.6 Å². The number of aromatic nitrogens is 2. The molecule has 5 heteroatoms. The van der Waals surface area contributed by atoms with Crippen LogP contribution in [0.4, 0.5) is 0 Å². The van der Waals surface area contributed by atoms with E-state index in [1.165, 1.54) is 0 Å². The van der Waals surface area contributed by atoms with Gasteiger partial charge < -0.3 is 0 Å². The summed E-state index contributed by atoms with van der Waals surface area (Å²) >= 11 is 0. The second-order valence-corrected chi connectivity index (χ2v) is 4.21. The summed E-state index contributed by atoms with van der Waals surface area (Å²) in [5.41, 5.74) is 0. The minimum atomic E-state index is 1.05. The van der Waals surface area contributed by atoms with Crippen molar-refractivity contribution >= 4 is 25.6 Å². The summed E-state index contributed by atoms with van der Waals surface area (Å²) in [6, 6.07) is 0. The average Bonchev–Trinajstić information content (AvgIpc) is 1.76. The summed E-state index contributed by atoms with van der Waals surface area (Å²) in [5.74, 6) is 0. The van der Waals surface area contributed by atoms with Crippen LogP contribution in [0.1, 0.15) is 0 Å². The topological polar surface area (TPSA) is 25.8 Å². The molecule has 2 nitrogen and oxygen atoms in total. The van der Waals surface area contributed by atoms with Crippen LogP contribution < -0.4 is 0 Å². The molecule has 1 heterocycles. The molecular formula is N2P2S. The van der Waals surface area contributed by atoms with Crippen LogP contribution in [0.15, 0.2) is 0 Å².